The molecule has 6 heteroatoms. The Hall–Kier alpha value is -2.47. The summed E-state index contributed by atoms with van der Waals surface area (Å²) < 4.78 is 16.9. The zero-order valence-corrected chi connectivity index (χ0v) is 17.0. The van der Waals surface area contributed by atoms with Crippen molar-refractivity contribution in [2.24, 2.45) is 0 Å². The number of ether oxygens (including phenoxy) is 3. The number of methoxy groups -OCH3 is 1. The summed E-state index contributed by atoms with van der Waals surface area (Å²) in [6.07, 6.45) is 0.790. The van der Waals surface area contributed by atoms with Crippen LogP contribution in [0.15, 0.2) is 42.5 Å². The molecular weight excluding hydrogens is 360 g/mol. The van der Waals surface area contributed by atoms with Gasteiger partial charge in [-0.25, -0.2) is 0 Å². The Labute approximate surface area is 166 Å². The fraction of sp³-hybridized carbons (Fsp3) is 0.381. The Bertz CT molecular complexity index is 806. The van der Waals surface area contributed by atoms with Gasteiger partial charge in [-0.15, -0.1) is 0 Å². The summed E-state index contributed by atoms with van der Waals surface area (Å²) in [5.41, 5.74) is 1.67. The first-order valence-corrected chi connectivity index (χ1v) is 9.48. The van der Waals surface area contributed by atoms with Gasteiger partial charge in [-0.2, -0.15) is 0 Å². The Morgan fingerprint density at radius 3 is 2.56 bits per heavy atom. The molecule has 0 amide bonds. The van der Waals surface area contributed by atoms with Crippen LogP contribution in [0, 0.1) is 0 Å². The molecule has 0 aromatic heterocycles. The molecule has 0 saturated heterocycles. The fourth-order valence-corrected chi connectivity index (χ4v) is 3.48. The van der Waals surface area contributed by atoms with Gasteiger partial charge in [0.15, 0.2) is 5.11 Å². The first-order valence-electron chi connectivity index (χ1n) is 9.07. The van der Waals surface area contributed by atoms with Crippen molar-refractivity contribution in [2.45, 2.75) is 38.8 Å². The quantitative estimate of drug-likeness (QED) is 0.728. The average Bonchev–Trinajstić information content (AvgIpc) is 2.62. The molecule has 2 aromatic rings. The molecule has 1 heterocycles. The van der Waals surface area contributed by atoms with Crippen LogP contribution in [-0.2, 0) is 0 Å². The highest BCUT2D eigenvalue weighted by Crippen LogP contribution is 2.41. The summed E-state index contributed by atoms with van der Waals surface area (Å²) in [5.74, 6) is 2.50. The van der Waals surface area contributed by atoms with Gasteiger partial charge in [0.2, 0.25) is 0 Å². The van der Waals surface area contributed by atoms with E-state index in [4.69, 9.17) is 26.4 Å². The molecule has 144 valence electrons. The normalized spacial score (nSPS) is 17.3. The minimum absolute atomic E-state index is 0.0292. The highest BCUT2D eigenvalue weighted by Gasteiger charge is 2.34. The van der Waals surface area contributed by atoms with Crippen LogP contribution in [0.25, 0.3) is 0 Å². The standard InChI is InChI=1S/C21H26N2O3S/c1-5-25-15-8-6-14(7-9-15)22-20(27)23-18-13-21(2,3)26-19-11-10-16(24-4)12-17(18)19/h6-12,18H,5,13H2,1-4H3,(H2,22,23,27). The molecule has 0 radical (unpaired) electrons. The molecule has 27 heavy (non-hydrogen) atoms. The molecule has 0 fully saturated rings. The van der Waals surface area contributed by atoms with Crippen LogP contribution in [0.3, 0.4) is 0 Å². The molecular formula is C21H26N2O3S. The summed E-state index contributed by atoms with van der Waals surface area (Å²) in [7, 11) is 1.66. The summed E-state index contributed by atoms with van der Waals surface area (Å²) in [5, 5.41) is 7.23. The van der Waals surface area contributed by atoms with Crippen molar-refractivity contribution >= 4 is 23.0 Å². The third-order valence-corrected chi connectivity index (χ3v) is 4.62. The molecule has 0 bridgehead atoms. The number of rotatable bonds is 5. The van der Waals surface area contributed by atoms with E-state index in [0.29, 0.717) is 11.7 Å². The monoisotopic (exact) mass is 386 g/mol. The van der Waals surface area contributed by atoms with Crippen LogP contribution in [0.2, 0.25) is 0 Å². The largest absolute Gasteiger partial charge is 0.497 e. The van der Waals surface area contributed by atoms with Gasteiger partial charge < -0.3 is 24.8 Å². The maximum absolute atomic E-state index is 6.11. The minimum atomic E-state index is -0.284. The van der Waals surface area contributed by atoms with E-state index in [9.17, 15) is 0 Å². The second kappa shape index (κ2) is 8.05. The summed E-state index contributed by atoms with van der Waals surface area (Å²) in [4.78, 5) is 0. The molecule has 3 rings (SSSR count). The highest BCUT2D eigenvalue weighted by molar-refractivity contribution is 7.80. The Balaban J connectivity index is 1.73. The van der Waals surface area contributed by atoms with E-state index in [1.807, 2.05) is 49.4 Å². The van der Waals surface area contributed by atoms with Crippen molar-refractivity contribution in [1.29, 1.82) is 0 Å². The van der Waals surface area contributed by atoms with Crippen molar-refractivity contribution in [3.8, 4) is 17.2 Å². The van der Waals surface area contributed by atoms with Crippen LogP contribution in [-0.4, -0.2) is 24.4 Å². The van der Waals surface area contributed by atoms with Crippen molar-refractivity contribution in [2.75, 3.05) is 19.0 Å². The summed E-state index contributed by atoms with van der Waals surface area (Å²) in [6.45, 7) is 6.78. The molecule has 1 aliphatic heterocycles. The lowest BCUT2D eigenvalue weighted by atomic mass is 9.89. The van der Waals surface area contributed by atoms with E-state index >= 15 is 0 Å². The highest BCUT2D eigenvalue weighted by atomic mass is 32.1. The second-order valence-corrected chi connectivity index (χ2v) is 7.49. The number of hydrogen-bond acceptors (Lipinski definition) is 4. The van der Waals surface area contributed by atoms with Crippen LogP contribution in [0.4, 0.5) is 5.69 Å². The number of anilines is 1. The zero-order chi connectivity index (χ0) is 19.4. The van der Waals surface area contributed by atoms with Crippen LogP contribution >= 0.6 is 12.2 Å². The van der Waals surface area contributed by atoms with Crippen molar-refractivity contribution in [3.05, 3.63) is 48.0 Å². The molecule has 2 aromatic carbocycles. The molecule has 2 N–H and O–H groups in total. The van der Waals surface area contributed by atoms with Crippen LogP contribution in [0.5, 0.6) is 17.2 Å². The van der Waals surface area contributed by atoms with Gasteiger partial charge in [-0.05, 0) is 75.5 Å². The molecule has 1 unspecified atom stereocenters. The SMILES string of the molecule is CCOc1ccc(NC(=S)NC2CC(C)(C)Oc3ccc(OC)cc32)cc1. The number of thiocarbonyl (C=S) groups is 1. The predicted octanol–water partition coefficient (Wildman–Crippen LogP) is 4.68. The van der Waals surface area contributed by atoms with Crippen molar-refractivity contribution < 1.29 is 14.2 Å². The van der Waals surface area contributed by atoms with E-state index in [2.05, 4.69) is 24.5 Å². The van der Waals surface area contributed by atoms with Gasteiger partial charge in [-0.1, -0.05) is 0 Å². The average molecular weight is 387 g/mol. The van der Waals surface area contributed by atoms with E-state index in [-0.39, 0.29) is 11.6 Å². The Morgan fingerprint density at radius 1 is 1.19 bits per heavy atom. The predicted molar refractivity (Wildman–Crippen MR) is 112 cm³/mol. The molecule has 0 aliphatic carbocycles. The zero-order valence-electron chi connectivity index (χ0n) is 16.2. The summed E-state index contributed by atoms with van der Waals surface area (Å²) in [6, 6.07) is 13.6. The Kier molecular flexibility index (Phi) is 5.75. The third-order valence-electron chi connectivity index (χ3n) is 4.40. The van der Waals surface area contributed by atoms with Gasteiger partial charge in [0.05, 0.1) is 19.8 Å². The molecule has 0 spiro atoms. The second-order valence-electron chi connectivity index (χ2n) is 7.08. The van der Waals surface area contributed by atoms with Gasteiger partial charge in [0.25, 0.3) is 0 Å². The van der Waals surface area contributed by atoms with Crippen molar-refractivity contribution in [1.82, 2.24) is 5.32 Å². The van der Waals surface area contributed by atoms with E-state index < -0.39 is 0 Å². The van der Waals surface area contributed by atoms with E-state index in [1.165, 1.54) is 0 Å². The van der Waals surface area contributed by atoms with Crippen LogP contribution < -0.4 is 24.8 Å². The topological polar surface area (TPSA) is 51.8 Å². The number of fused-ring (bicyclic) bond motifs is 1. The maximum atomic E-state index is 6.11. The third kappa shape index (κ3) is 4.83. The molecule has 1 atom stereocenters. The summed E-state index contributed by atoms with van der Waals surface area (Å²) >= 11 is 5.54. The Morgan fingerprint density at radius 2 is 1.89 bits per heavy atom. The lowest BCUT2D eigenvalue weighted by Gasteiger charge is -2.38. The van der Waals surface area contributed by atoms with E-state index in [1.54, 1.807) is 7.11 Å². The number of hydrogen-bond donors (Lipinski definition) is 2. The smallest absolute Gasteiger partial charge is 0.171 e. The number of nitrogens with one attached hydrogen (secondary N) is 2. The van der Waals surface area contributed by atoms with Gasteiger partial charge >= 0.3 is 0 Å². The van der Waals surface area contributed by atoms with Crippen molar-refractivity contribution in [3.63, 3.8) is 0 Å². The lowest BCUT2D eigenvalue weighted by Crippen LogP contribution is -2.42. The molecule has 0 saturated carbocycles. The minimum Gasteiger partial charge on any atom is -0.497 e. The van der Waals surface area contributed by atoms with Gasteiger partial charge in [-0.3, -0.25) is 0 Å². The lowest BCUT2D eigenvalue weighted by molar-refractivity contribution is 0.0695. The van der Waals surface area contributed by atoms with Gasteiger partial charge in [0, 0.05) is 17.7 Å². The first kappa shape index (κ1) is 19.3. The van der Waals surface area contributed by atoms with Crippen LogP contribution in [0.1, 0.15) is 38.8 Å². The maximum Gasteiger partial charge on any atom is 0.171 e. The molecule has 5 nitrogen and oxygen atoms in total. The van der Waals surface area contributed by atoms with E-state index in [0.717, 1.165) is 34.9 Å². The first-order chi connectivity index (χ1) is 12.9. The molecule has 1 aliphatic rings. The fourth-order valence-electron chi connectivity index (χ4n) is 3.22. The van der Waals surface area contributed by atoms with Gasteiger partial charge in [0.1, 0.15) is 22.8 Å². The number of benzene rings is 2.